The van der Waals surface area contributed by atoms with Crippen LogP contribution >= 0.6 is 0 Å². The minimum Gasteiger partial charge on any atom is -0.447 e. The third-order valence-electron chi connectivity index (χ3n) is 3.03. The van der Waals surface area contributed by atoms with E-state index in [2.05, 4.69) is 15.6 Å². The Morgan fingerprint density at radius 3 is 2.42 bits per heavy atom. The SMILES string of the molecule is CC(C)OC(=O)NCCC[C@H](NC(=O)OC(C)(C)C)C(=O)n1ccnc1. The number of carbonyl (C=O) groups excluding carboxylic acids is 3. The van der Waals surface area contributed by atoms with E-state index in [1.165, 1.54) is 23.3 Å². The lowest BCUT2D eigenvalue weighted by molar-refractivity contribution is 0.0478. The number of amides is 2. The van der Waals surface area contributed by atoms with E-state index in [0.29, 0.717) is 19.4 Å². The number of hydrogen-bond donors (Lipinski definition) is 2. The molecule has 1 atom stereocenters. The number of ether oxygens (including phenoxy) is 2. The number of hydrogen-bond acceptors (Lipinski definition) is 6. The van der Waals surface area contributed by atoms with Crippen molar-refractivity contribution in [1.82, 2.24) is 20.2 Å². The molecule has 0 radical (unpaired) electrons. The van der Waals surface area contributed by atoms with Crippen molar-refractivity contribution in [2.45, 2.75) is 65.2 Å². The Morgan fingerprint density at radius 1 is 1.19 bits per heavy atom. The Kier molecular flexibility index (Phi) is 8.08. The van der Waals surface area contributed by atoms with Crippen molar-refractivity contribution in [2.75, 3.05) is 6.54 Å². The topological polar surface area (TPSA) is 112 Å². The van der Waals surface area contributed by atoms with Crippen LogP contribution in [0.1, 0.15) is 52.3 Å². The fraction of sp³-hybridized carbons (Fsp3) is 0.647. The Hall–Kier alpha value is -2.58. The highest BCUT2D eigenvalue weighted by Gasteiger charge is 2.25. The molecular weight excluding hydrogens is 340 g/mol. The molecule has 0 bridgehead atoms. The zero-order valence-electron chi connectivity index (χ0n) is 15.9. The highest BCUT2D eigenvalue weighted by molar-refractivity contribution is 5.87. The molecule has 0 spiro atoms. The van der Waals surface area contributed by atoms with Crippen molar-refractivity contribution >= 4 is 18.1 Å². The number of carbonyl (C=O) groups is 3. The fourth-order valence-electron chi connectivity index (χ4n) is 2.03. The molecule has 9 heteroatoms. The molecule has 1 aromatic heterocycles. The molecule has 1 rings (SSSR count). The van der Waals surface area contributed by atoms with E-state index >= 15 is 0 Å². The van der Waals surface area contributed by atoms with Crippen LogP contribution in [0.3, 0.4) is 0 Å². The van der Waals surface area contributed by atoms with Crippen LogP contribution in [-0.2, 0) is 9.47 Å². The largest absolute Gasteiger partial charge is 0.447 e. The highest BCUT2D eigenvalue weighted by Crippen LogP contribution is 2.08. The standard InChI is InChI=1S/C17H28N4O5/c1-12(2)25-15(23)19-8-6-7-13(14(22)21-10-9-18-11-21)20-16(24)26-17(3,4)5/h9-13H,6-8H2,1-5H3,(H,19,23)(H,20,24)/t13-/m0/s1. The van der Waals surface area contributed by atoms with Gasteiger partial charge in [-0.1, -0.05) is 0 Å². The molecule has 0 unspecified atom stereocenters. The third kappa shape index (κ3) is 8.50. The second-order valence-electron chi connectivity index (χ2n) is 7.03. The smallest absolute Gasteiger partial charge is 0.408 e. The van der Waals surface area contributed by atoms with Crippen molar-refractivity contribution in [3.63, 3.8) is 0 Å². The van der Waals surface area contributed by atoms with E-state index in [9.17, 15) is 14.4 Å². The van der Waals surface area contributed by atoms with Crippen LogP contribution in [0.25, 0.3) is 0 Å². The first-order valence-corrected chi connectivity index (χ1v) is 8.54. The summed E-state index contributed by atoms with van der Waals surface area (Å²) in [6, 6.07) is -0.804. The summed E-state index contributed by atoms with van der Waals surface area (Å²) in [7, 11) is 0. The van der Waals surface area contributed by atoms with Gasteiger partial charge in [0.2, 0.25) is 0 Å². The van der Waals surface area contributed by atoms with Gasteiger partial charge in [0.05, 0.1) is 6.10 Å². The highest BCUT2D eigenvalue weighted by atomic mass is 16.6. The molecule has 26 heavy (non-hydrogen) atoms. The monoisotopic (exact) mass is 368 g/mol. The molecule has 0 fully saturated rings. The summed E-state index contributed by atoms with van der Waals surface area (Å²) in [6.07, 6.45) is 3.73. The lowest BCUT2D eigenvalue weighted by Gasteiger charge is -2.23. The third-order valence-corrected chi connectivity index (χ3v) is 3.03. The molecular formula is C17H28N4O5. The molecule has 0 aliphatic rings. The number of nitrogens with zero attached hydrogens (tertiary/aromatic N) is 2. The molecule has 146 valence electrons. The fourth-order valence-corrected chi connectivity index (χ4v) is 2.03. The van der Waals surface area contributed by atoms with E-state index in [0.717, 1.165) is 0 Å². The Morgan fingerprint density at radius 2 is 1.88 bits per heavy atom. The number of imidazole rings is 1. The molecule has 0 saturated heterocycles. The minimum atomic E-state index is -0.804. The molecule has 1 aromatic rings. The Labute approximate surface area is 153 Å². The summed E-state index contributed by atoms with van der Waals surface area (Å²) >= 11 is 0. The van der Waals surface area contributed by atoms with Crippen molar-refractivity contribution < 1.29 is 23.9 Å². The molecule has 9 nitrogen and oxygen atoms in total. The van der Waals surface area contributed by atoms with Crippen molar-refractivity contribution in [3.8, 4) is 0 Å². The van der Waals surface area contributed by atoms with Gasteiger partial charge in [-0.25, -0.2) is 14.6 Å². The van der Waals surface area contributed by atoms with Crippen LogP contribution in [0.2, 0.25) is 0 Å². The molecule has 0 aromatic carbocycles. The Balaban J connectivity index is 2.59. The minimum absolute atomic E-state index is 0.209. The van der Waals surface area contributed by atoms with E-state index in [1.807, 2.05) is 0 Å². The van der Waals surface area contributed by atoms with Crippen LogP contribution in [0.5, 0.6) is 0 Å². The lowest BCUT2D eigenvalue weighted by Crippen LogP contribution is -2.45. The summed E-state index contributed by atoms with van der Waals surface area (Å²) in [4.78, 5) is 39.8. The van der Waals surface area contributed by atoms with Gasteiger partial charge in [0, 0.05) is 18.9 Å². The molecule has 0 aliphatic heterocycles. The zero-order chi connectivity index (χ0) is 19.7. The zero-order valence-corrected chi connectivity index (χ0v) is 15.9. The van der Waals surface area contributed by atoms with Crippen LogP contribution in [-0.4, -0.2) is 51.9 Å². The molecule has 2 amide bonds. The predicted molar refractivity (Wildman–Crippen MR) is 94.9 cm³/mol. The normalized spacial score (nSPS) is 12.4. The van der Waals surface area contributed by atoms with Crippen molar-refractivity contribution in [3.05, 3.63) is 18.7 Å². The number of aromatic nitrogens is 2. The van der Waals surface area contributed by atoms with E-state index in [4.69, 9.17) is 9.47 Å². The maximum atomic E-state index is 12.5. The average Bonchev–Trinajstić information content (AvgIpc) is 3.01. The number of alkyl carbamates (subject to hydrolysis) is 2. The summed E-state index contributed by atoms with van der Waals surface area (Å²) in [5.41, 5.74) is -0.672. The van der Waals surface area contributed by atoms with Gasteiger partial charge >= 0.3 is 12.2 Å². The first-order valence-electron chi connectivity index (χ1n) is 8.54. The summed E-state index contributed by atoms with van der Waals surface area (Å²) in [6.45, 7) is 9.04. The Bertz CT molecular complexity index is 593. The number of rotatable bonds is 7. The van der Waals surface area contributed by atoms with Crippen LogP contribution in [0.4, 0.5) is 9.59 Å². The van der Waals surface area contributed by atoms with Crippen LogP contribution in [0.15, 0.2) is 18.7 Å². The maximum Gasteiger partial charge on any atom is 0.408 e. The lowest BCUT2D eigenvalue weighted by atomic mass is 10.1. The van der Waals surface area contributed by atoms with E-state index in [-0.39, 0.29) is 12.0 Å². The van der Waals surface area contributed by atoms with Gasteiger partial charge in [0.1, 0.15) is 18.0 Å². The van der Waals surface area contributed by atoms with Gasteiger partial charge in [0.25, 0.3) is 5.91 Å². The number of nitrogens with one attached hydrogen (secondary N) is 2. The van der Waals surface area contributed by atoms with Crippen LogP contribution < -0.4 is 10.6 Å². The molecule has 0 aliphatic carbocycles. The second kappa shape index (κ2) is 9.79. The molecule has 0 saturated carbocycles. The first kappa shape index (κ1) is 21.5. The van der Waals surface area contributed by atoms with Gasteiger partial charge in [-0.2, -0.15) is 0 Å². The average molecular weight is 368 g/mol. The van der Waals surface area contributed by atoms with Crippen molar-refractivity contribution in [2.24, 2.45) is 0 Å². The quantitative estimate of drug-likeness (QED) is 0.715. The van der Waals surface area contributed by atoms with E-state index in [1.54, 1.807) is 34.6 Å². The van der Waals surface area contributed by atoms with Gasteiger partial charge in [-0.3, -0.25) is 9.36 Å². The molecule has 1 heterocycles. The van der Waals surface area contributed by atoms with Gasteiger partial charge < -0.3 is 20.1 Å². The molecule has 2 N–H and O–H groups in total. The first-order chi connectivity index (χ1) is 12.1. The summed E-state index contributed by atoms with van der Waals surface area (Å²) in [5, 5.41) is 5.18. The second-order valence-corrected chi connectivity index (χ2v) is 7.03. The maximum absolute atomic E-state index is 12.5. The van der Waals surface area contributed by atoms with Gasteiger partial charge in [0.15, 0.2) is 0 Å². The van der Waals surface area contributed by atoms with Crippen LogP contribution in [0, 0.1) is 0 Å². The predicted octanol–water partition coefficient (Wildman–Crippen LogP) is 2.33. The van der Waals surface area contributed by atoms with Crippen molar-refractivity contribution in [1.29, 1.82) is 0 Å². The van der Waals surface area contributed by atoms with E-state index < -0.39 is 23.8 Å². The van der Waals surface area contributed by atoms with Gasteiger partial charge in [-0.15, -0.1) is 0 Å². The van der Waals surface area contributed by atoms with Gasteiger partial charge in [-0.05, 0) is 47.5 Å². The summed E-state index contributed by atoms with van der Waals surface area (Å²) < 4.78 is 11.5. The summed E-state index contributed by atoms with van der Waals surface area (Å²) in [5.74, 6) is -0.335.